The Morgan fingerprint density at radius 3 is 2.54 bits per heavy atom. The molecule has 0 saturated heterocycles. The van der Waals surface area contributed by atoms with Gasteiger partial charge in [0, 0.05) is 26.2 Å². The highest BCUT2D eigenvalue weighted by molar-refractivity contribution is 14.0. The Kier molecular flexibility index (Phi) is 12.0. The molecule has 8 heteroatoms. The van der Waals surface area contributed by atoms with Gasteiger partial charge in [-0.2, -0.15) is 0 Å². The standard InChI is InChI=1S/C16H27N3O3S.HI/c1-4-17-16(19-14(2)13-22-3)18-11-8-12-23(20,21)15-9-6-5-7-10-15;/h5-7,9-10,14H,4,8,11-13H2,1-3H3,(H2,17,18,19);1H. The van der Waals surface area contributed by atoms with E-state index >= 15 is 0 Å². The molecule has 6 nitrogen and oxygen atoms in total. The van der Waals surface area contributed by atoms with E-state index in [1.165, 1.54) is 0 Å². The second-order valence-corrected chi connectivity index (χ2v) is 7.36. The molecule has 1 aromatic rings. The van der Waals surface area contributed by atoms with Crippen molar-refractivity contribution in [3.05, 3.63) is 30.3 Å². The molecule has 0 heterocycles. The molecule has 0 radical (unpaired) electrons. The lowest BCUT2D eigenvalue weighted by molar-refractivity contribution is 0.179. The van der Waals surface area contributed by atoms with Gasteiger partial charge in [0.2, 0.25) is 0 Å². The monoisotopic (exact) mass is 469 g/mol. The second kappa shape index (κ2) is 12.5. The van der Waals surface area contributed by atoms with Crippen LogP contribution in [0.25, 0.3) is 0 Å². The molecule has 24 heavy (non-hydrogen) atoms. The van der Waals surface area contributed by atoms with E-state index < -0.39 is 9.84 Å². The first kappa shape index (κ1) is 23.1. The molecule has 1 unspecified atom stereocenters. The number of halogens is 1. The maximum atomic E-state index is 12.2. The van der Waals surface area contributed by atoms with Crippen molar-refractivity contribution in [3.8, 4) is 0 Å². The molecule has 138 valence electrons. The van der Waals surface area contributed by atoms with E-state index in [0.717, 1.165) is 6.54 Å². The molecule has 0 bridgehead atoms. The third kappa shape index (κ3) is 8.84. The first-order valence-electron chi connectivity index (χ1n) is 7.81. The highest BCUT2D eigenvalue weighted by Gasteiger charge is 2.13. The van der Waals surface area contributed by atoms with Crippen molar-refractivity contribution in [3.63, 3.8) is 0 Å². The maximum absolute atomic E-state index is 12.2. The fraction of sp³-hybridized carbons (Fsp3) is 0.562. The van der Waals surface area contributed by atoms with Gasteiger partial charge in [-0.25, -0.2) is 8.42 Å². The van der Waals surface area contributed by atoms with Crippen molar-refractivity contribution >= 4 is 39.8 Å². The molecular formula is C16H28IN3O3S. The molecule has 0 aliphatic heterocycles. The summed E-state index contributed by atoms with van der Waals surface area (Å²) in [7, 11) is -1.58. The summed E-state index contributed by atoms with van der Waals surface area (Å²) in [6.07, 6.45) is 0.479. The van der Waals surface area contributed by atoms with Crippen LogP contribution in [0.4, 0.5) is 0 Å². The summed E-state index contributed by atoms with van der Waals surface area (Å²) in [6.45, 7) is 5.75. The Morgan fingerprint density at radius 1 is 1.29 bits per heavy atom. The zero-order valence-electron chi connectivity index (χ0n) is 14.5. The average molecular weight is 469 g/mol. The van der Waals surface area contributed by atoms with E-state index in [9.17, 15) is 8.42 Å². The van der Waals surface area contributed by atoms with E-state index in [4.69, 9.17) is 4.74 Å². The number of hydrogen-bond donors (Lipinski definition) is 2. The number of guanidine groups is 1. The predicted molar refractivity (Wildman–Crippen MR) is 109 cm³/mol. The van der Waals surface area contributed by atoms with Crippen LogP contribution in [0.15, 0.2) is 40.2 Å². The minimum Gasteiger partial charge on any atom is -0.383 e. The number of methoxy groups -OCH3 is 1. The van der Waals surface area contributed by atoms with Crippen LogP contribution < -0.4 is 10.6 Å². The first-order chi connectivity index (χ1) is 11.0. The smallest absolute Gasteiger partial charge is 0.191 e. The van der Waals surface area contributed by atoms with E-state index in [1.807, 2.05) is 13.8 Å². The fourth-order valence-corrected chi connectivity index (χ4v) is 3.35. The molecule has 2 N–H and O–H groups in total. The lowest BCUT2D eigenvalue weighted by atomic mass is 10.4. The molecular weight excluding hydrogens is 441 g/mol. The van der Waals surface area contributed by atoms with Gasteiger partial charge in [0.25, 0.3) is 0 Å². The zero-order chi connectivity index (χ0) is 17.1. The van der Waals surface area contributed by atoms with E-state index in [-0.39, 0.29) is 35.8 Å². The van der Waals surface area contributed by atoms with Gasteiger partial charge in [0.1, 0.15) is 0 Å². The summed E-state index contributed by atoms with van der Waals surface area (Å²) in [6, 6.07) is 8.64. The van der Waals surface area contributed by atoms with Gasteiger partial charge in [-0.05, 0) is 32.4 Å². The molecule has 0 fully saturated rings. The fourth-order valence-electron chi connectivity index (χ4n) is 2.04. The summed E-state index contributed by atoms with van der Waals surface area (Å²) in [5.41, 5.74) is 0. The van der Waals surface area contributed by atoms with Crippen LogP contribution in [0.3, 0.4) is 0 Å². The van der Waals surface area contributed by atoms with Gasteiger partial charge in [0.05, 0.1) is 17.3 Å². The number of rotatable bonds is 9. The summed E-state index contributed by atoms with van der Waals surface area (Å²) >= 11 is 0. The molecule has 1 atom stereocenters. The Hall–Kier alpha value is -0.870. The van der Waals surface area contributed by atoms with Crippen molar-refractivity contribution in [1.29, 1.82) is 0 Å². The van der Waals surface area contributed by atoms with Crippen LogP contribution in [-0.2, 0) is 14.6 Å². The molecule has 0 saturated carbocycles. The number of nitrogens with one attached hydrogen (secondary N) is 2. The van der Waals surface area contributed by atoms with E-state index in [0.29, 0.717) is 30.4 Å². The minimum atomic E-state index is -3.23. The number of nitrogens with zero attached hydrogens (tertiary/aromatic N) is 1. The van der Waals surface area contributed by atoms with Crippen LogP contribution in [0.2, 0.25) is 0 Å². The van der Waals surface area contributed by atoms with Crippen molar-refractivity contribution in [2.24, 2.45) is 4.99 Å². The molecule has 0 aromatic heterocycles. The molecule has 0 aliphatic rings. The van der Waals surface area contributed by atoms with Gasteiger partial charge in [-0.15, -0.1) is 24.0 Å². The minimum absolute atomic E-state index is 0. The van der Waals surface area contributed by atoms with E-state index in [2.05, 4.69) is 15.6 Å². The average Bonchev–Trinajstić information content (AvgIpc) is 2.53. The van der Waals surface area contributed by atoms with Crippen LogP contribution in [-0.4, -0.2) is 53.0 Å². The molecule has 1 rings (SSSR count). The van der Waals surface area contributed by atoms with Gasteiger partial charge < -0.3 is 15.4 Å². The van der Waals surface area contributed by atoms with Crippen LogP contribution in [0.1, 0.15) is 20.3 Å². The highest BCUT2D eigenvalue weighted by atomic mass is 127. The van der Waals surface area contributed by atoms with Gasteiger partial charge in [-0.1, -0.05) is 18.2 Å². The van der Waals surface area contributed by atoms with Crippen molar-refractivity contribution in [1.82, 2.24) is 10.6 Å². The van der Waals surface area contributed by atoms with Crippen LogP contribution in [0.5, 0.6) is 0 Å². The third-order valence-corrected chi connectivity index (χ3v) is 4.90. The van der Waals surface area contributed by atoms with Crippen molar-refractivity contribution in [2.75, 3.05) is 32.6 Å². The number of hydrogen-bond acceptors (Lipinski definition) is 4. The number of benzene rings is 1. The highest BCUT2D eigenvalue weighted by Crippen LogP contribution is 2.10. The van der Waals surface area contributed by atoms with Gasteiger partial charge in [0.15, 0.2) is 15.8 Å². The molecule has 0 amide bonds. The van der Waals surface area contributed by atoms with Crippen molar-refractivity contribution in [2.45, 2.75) is 31.2 Å². The first-order valence-corrected chi connectivity index (χ1v) is 9.46. The zero-order valence-corrected chi connectivity index (χ0v) is 17.6. The van der Waals surface area contributed by atoms with E-state index in [1.54, 1.807) is 37.4 Å². The maximum Gasteiger partial charge on any atom is 0.191 e. The number of aliphatic imine (C=N–C) groups is 1. The van der Waals surface area contributed by atoms with Crippen LogP contribution >= 0.6 is 24.0 Å². The Bertz CT molecular complexity index is 579. The lowest BCUT2D eigenvalue weighted by Crippen LogP contribution is -2.44. The molecule has 0 aliphatic carbocycles. The summed E-state index contributed by atoms with van der Waals surface area (Å²) in [5.74, 6) is 0.766. The molecule has 1 aromatic carbocycles. The summed E-state index contributed by atoms with van der Waals surface area (Å²) in [5, 5.41) is 6.35. The second-order valence-electron chi connectivity index (χ2n) is 5.25. The lowest BCUT2D eigenvalue weighted by Gasteiger charge is -2.16. The third-order valence-electron chi connectivity index (χ3n) is 3.09. The summed E-state index contributed by atoms with van der Waals surface area (Å²) < 4.78 is 29.4. The Labute approximate surface area is 162 Å². The largest absolute Gasteiger partial charge is 0.383 e. The normalized spacial score (nSPS) is 13.0. The quantitative estimate of drug-likeness (QED) is 0.251. The molecule has 0 spiro atoms. The van der Waals surface area contributed by atoms with Crippen molar-refractivity contribution < 1.29 is 13.2 Å². The number of ether oxygens (including phenoxy) is 1. The topological polar surface area (TPSA) is 79.8 Å². The Balaban J connectivity index is 0.00000529. The number of sulfone groups is 1. The van der Waals surface area contributed by atoms with Crippen LogP contribution in [0, 0.1) is 0 Å². The summed E-state index contributed by atoms with van der Waals surface area (Å²) in [4.78, 5) is 4.77. The Morgan fingerprint density at radius 2 is 1.96 bits per heavy atom. The van der Waals surface area contributed by atoms with Gasteiger partial charge >= 0.3 is 0 Å². The predicted octanol–water partition coefficient (Wildman–Crippen LogP) is 2.06. The van der Waals surface area contributed by atoms with Gasteiger partial charge in [-0.3, -0.25) is 4.99 Å². The SMILES string of the molecule is CCNC(=NCCCS(=O)(=O)c1ccccc1)NC(C)COC.I.